The van der Waals surface area contributed by atoms with E-state index in [4.69, 9.17) is 0 Å². The van der Waals surface area contributed by atoms with Crippen LogP contribution in [0.1, 0.15) is 37.1 Å². The van der Waals surface area contributed by atoms with Crippen molar-refractivity contribution in [1.82, 2.24) is 15.5 Å². The zero-order valence-electron chi connectivity index (χ0n) is 18.4. The van der Waals surface area contributed by atoms with Crippen LogP contribution in [0.4, 0.5) is 5.69 Å². The molecule has 2 aliphatic rings. The normalized spacial score (nSPS) is 17.6. The van der Waals surface area contributed by atoms with Gasteiger partial charge >= 0.3 is 0 Å². The molecule has 2 aromatic rings. The Balaban J connectivity index is 1.48. The number of thioether (sulfide) groups is 1. The van der Waals surface area contributed by atoms with Gasteiger partial charge in [-0.2, -0.15) is 0 Å². The monoisotopic (exact) mass is 483 g/mol. The number of rotatable bonds is 8. The van der Waals surface area contributed by atoms with Crippen molar-refractivity contribution in [3.8, 4) is 0 Å². The molecule has 0 saturated heterocycles. The SMILES string of the molecule is CC[C@H](C)NC(=O)CSC1=Nc2ccccc2C2=N[C@@H](CC(=O)NCc3cccs3)C(=O)N12. The van der Waals surface area contributed by atoms with Crippen molar-refractivity contribution >= 4 is 57.5 Å². The molecule has 3 amide bonds. The first-order valence-electron chi connectivity index (χ1n) is 10.8. The number of hydrogen-bond acceptors (Lipinski definition) is 7. The summed E-state index contributed by atoms with van der Waals surface area (Å²) in [7, 11) is 0. The number of benzene rings is 1. The summed E-state index contributed by atoms with van der Waals surface area (Å²) in [5.74, 6) is -0.0522. The second kappa shape index (κ2) is 10.3. The molecule has 3 heterocycles. The van der Waals surface area contributed by atoms with E-state index >= 15 is 0 Å². The third-order valence-corrected chi connectivity index (χ3v) is 7.13. The van der Waals surface area contributed by atoms with Gasteiger partial charge < -0.3 is 10.6 Å². The van der Waals surface area contributed by atoms with Gasteiger partial charge in [0.1, 0.15) is 11.9 Å². The van der Waals surface area contributed by atoms with E-state index in [9.17, 15) is 14.4 Å². The Hall–Kier alpha value is -2.98. The fourth-order valence-electron chi connectivity index (χ4n) is 3.43. The number of para-hydroxylation sites is 1. The molecule has 0 fully saturated rings. The minimum absolute atomic E-state index is 0.0428. The molecule has 1 aromatic heterocycles. The van der Waals surface area contributed by atoms with Gasteiger partial charge in [-0.25, -0.2) is 9.89 Å². The zero-order valence-corrected chi connectivity index (χ0v) is 20.0. The van der Waals surface area contributed by atoms with E-state index in [0.29, 0.717) is 23.2 Å². The molecule has 2 aliphatic heterocycles. The van der Waals surface area contributed by atoms with Gasteiger partial charge in [-0.1, -0.05) is 36.9 Å². The van der Waals surface area contributed by atoms with Crippen LogP contribution in [-0.4, -0.2) is 51.5 Å². The zero-order chi connectivity index (χ0) is 23.4. The highest BCUT2D eigenvalue weighted by molar-refractivity contribution is 8.14. The molecule has 8 nitrogen and oxygen atoms in total. The Kier molecular flexibility index (Phi) is 7.24. The summed E-state index contributed by atoms with van der Waals surface area (Å²) in [6.07, 6.45) is 0.793. The fourth-order valence-corrected chi connectivity index (χ4v) is 4.88. The van der Waals surface area contributed by atoms with Gasteiger partial charge in [-0.3, -0.25) is 19.4 Å². The molecule has 1 aromatic carbocycles. The van der Waals surface area contributed by atoms with Crippen LogP contribution in [0.2, 0.25) is 0 Å². The van der Waals surface area contributed by atoms with E-state index < -0.39 is 6.04 Å². The lowest BCUT2D eigenvalue weighted by Crippen LogP contribution is -2.42. The molecular formula is C23H25N5O3S2. The minimum atomic E-state index is -0.825. The van der Waals surface area contributed by atoms with Crippen LogP contribution in [0.3, 0.4) is 0 Å². The lowest BCUT2D eigenvalue weighted by Gasteiger charge is -2.25. The number of aliphatic imine (C=N–C) groups is 2. The highest BCUT2D eigenvalue weighted by atomic mass is 32.2. The van der Waals surface area contributed by atoms with Crippen LogP contribution in [-0.2, 0) is 20.9 Å². The molecule has 10 heteroatoms. The number of amides is 3. The number of nitrogens with zero attached hydrogens (tertiary/aromatic N) is 3. The fraction of sp³-hybridized carbons (Fsp3) is 0.348. The second-order valence-corrected chi connectivity index (χ2v) is 9.75. The molecule has 33 heavy (non-hydrogen) atoms. The summed E-state index contributed by atoms with van der Waals surface area (Å²) in [4.78, 5) is 49.7. The number of hydrogen-bond donors (Lipinski definition) is 2. The predicted octanol–water partition coefficient (Wildman–Crippen LogP) is 3.06. The lowest BCUT2D eigenvalue weighted by molar-refractivity contribution is -0.128. The third-order valence-electron chi connectivity index (χ3n) is 5.32. The van der Waals surface area contributed by atoms with Crippen LogP contribution in [0.25, 0.3) is 0 Å². The molecular weight excluding hydrogens is 458 g/mol. The molecule has 2 atom stereocenters. The third kappa shape index (κ3) is 5.33. The predicted molar refractivity (Wildman–Crippen MR) is 132 cm³/mol. The Morgan fingerprint density at radius 1 is 1.21 bits per heavy atom. The van der Waals surface area contributed by atoms with Gasteiger partial charge in [0, 0.05) is 16.5 Å². The smallest absolute Gasteiger partial charge is 0.259 e. The van der Waals surface area contributed by atoms with Gasteiger partial charge in [0.15, 0.2) is 5.17 Å². The average molecular weight is 484 g/mol. The molecule has 172 valence electrons. The quantitative estimate of drug-likeness (QED) is 0.602. The summed E-state index contributed by atoms with van der Waals surface area (Å²) >= 11 is 2.76. The summed E-state index contributed by atoms with van der Waals surface area (Å²) in [5, 5.41) is 8.12. The molecule has 0 unspecified atom stereocenters. The van der Waals surface area contributed by atoms with E-state index in [1.807, 2.05) is 55.6 Å². The number of nitrogens with one attached hydrogen (secondary N) is 2. The Morgan fingerprint density at radius 3 is 2.79 bits per heavy atom. The Morgan fingerprint density at radius 2 is 2.03 bits per heavy atom. The van der Waals surface area contributed by atoms with Crippen molar-refractivity contribution in [2.75, 3.05) is 5.75 Å². The van der Waals surface area contributed by atoms with Crippen LogP contribution in [0, 0.1) is 0 Å². The number of carbonyl (C=O) groups excluding carboxylic acids is 3. The van der Waals surface area contributed by atoms with Crippen molar-refractivity contribution in [3.63, 3.8) is 0 Å². The van der Waals surface area contributed by atoms with Crippen LogP contribution >= 0.6 is 23.1 Å². The molecule has 2 N–H and O–H groups in total. The van der Waals surface area contributed by atoms with Crippen LogP contribution < -0.4 is 10.6 Å². The van der Waals surface area contributed by atoms with E-state index in [1.54, 1.807) is 11.3 Å². The largest absolute Gasteiger partial charge is 0.353 e. The highest BCUT2D eigenvalue weighted by Gasteiger charge is 2.42. The summed E-state index contributed by atoms with van der Waals surface area (Å²) in [6, 6.07) is 10.6. The molecule has 0 saturated carbocycles. The first-order chi connectivity index (χ1) is 16.0. The van der Waals surface area contributed by atoms with Crippen molar-refractivity contribution in [3.05, 3.63) is 52.2 Å². The molecule has 0 spiro atoms. The minimum Gasteiger partial charge on any atom is -0.353 e. The first-order valence-corrected chi connectivity index (χ1v) is 12.6. The van der Waals surface area contributed by atoms with Gasteiger partial charge in [-0.15, -0.1) is 11.3 Å². The molecule has 0 radical (unpaired) electrons. The standard InChI is InChI=1S/C23H25N5O3S2/c1-3-14(2)25-20(30)13-33-23-27-17-9-5-4-8-16(17)21-26-18(22(31)28(21)23)11-19(29)24-12-15-7-6-10-32-15/h4-10,14,18H,3,11-13H2,1-2H3,(H,24,29)(H,25,30)/t14-,18-/m0/s1. The van der Waals surface area contributed by atoms with E-state index in [-0.39, 0.29) is 35.9 Å². The van der Waals surface area contributed by atoms with E-state index in [1.165, 1.54) is 16.7 Å². The van der Waals surface area contributed by atoms with Crippen LogP contribution in [0.15, 0.2) is 51.8 Å². The summed E-state index contributed by atoms with van der Waals surface area (Å²) in [6.45, 7) is 4.37. The van der Waals surface area contributed by atoms with Crippen molar-refractivity contribution in [2.24, 2.45) is 9.98 Å². The van der Waals surface area contributed by atoms with Gasteiger partial charge in [0.05, 0.1) is 24.4 Å². The average Bonchev–Trinajstić information content (AvgIpc) is 3.44. The highest BCUT2D eigenvalue weighted by Crippen LogP contribution is 2.34. The van der Waals surface area contributed by atoms with Gasteiger partial charge in [0.25, 0.3) is 5.91 Å². The topological polar surface area (TPSA) is 103 Å². The maximum atomic E-state index is 13.2. The molecule has 4 rings (SSSR count). The van der Waals surface area contributed by atoms with Gasteiger partial charge in [0.2, 0.25) is 11.8 Å². The molecule has 0 bridgehead atoms. The summed E-state index contributed by atoms with van der Waals surface area (Å²) < 4.78 is 0. The molecule has 0 aliphatic carbocycles. The Bertz CT molecular complexity index is 1110. The second-order valence-electron chi connectivity index (χ2n) is 7.78. The number of amidine groups is 2. The lowest BCUT2D eigenvalue weighted by atomic mass is 10.1. The van der Waals surface area contributed by atoms with E-state index in [0.717, 1.165) is 16.9 Å². The van der Waals surface area contributed by atoms with E-state index in [2.05, 4.69) is 20.6 Å². The number of fused-ring (bicyclic) bond motifs is 3. The van der Waals surface area contributed by atoms with Crippen molar-refractivity contribution in [1.29, 1.82) is 0 Å². The van der Waals surface area contributed by atoms with Crippen molar-refractivity contribution < 1.29 is 14.4 Å². The van der Waals surface area contributed by atoms with Crippen LogP contribution in [0.5, 0.6) is 0 Å². The summed E-state index contributed by atoms with van der Waals surface area (Å²) in [5.41, 5.74) is 1.42. The maximum absolute atomic E-state index is 13.2. The van der Waals surface area contributed by atoms with Crippen molar-refractivity contribution in [2.45, 2.75) is 45.3 Å². The van der Waals surface area contributed by atoms with Gasteiger partial charge in [-0.05, 0) is 36.9 Å². The first kappa shape index (κ1) is 23.2. The number of carbonyl (C=O) groups is 3. The number of thiophene rings is 1. The Labute approximate surface area is 200 Å². The maximum Gasteiger partial charge on any atom is 0.259 e.